The zero-order chi connectivity index (χ0) is 12.8. The van der Waals surface area contributed by atoms with Crippen molar-refractivity contribution in [1.82, 2.24) is 10.3 Å². The lowest BCUT2D eigenvalue weighted by Gasteiger charge is -2.33. The Hall–Kier alpha value is -0.810. The first kappa shape index (κ1) is 13.6. The average molecular weight is 254 g/mol. The summed E-state index contributed by atoms with van der Waals surface area (Å²) in [5, 5.41) is 0. The van der Waals surface area contributed by atoms with E-state index < -0.39 is 0 Å². The van der Waals surface area contributed by atoms with E-state index in [1.807, 2.05) is 0 Å². The number of ether oxygens (including phenoxy) is 1. The van der Waals surface area contributed by atoms with Crippen LogP contribution in [0.25, 0.3) is 0 Å². The molecule has 3 N–H and O–H groups in total. The van der Waals surface area contributed by atoms with E-state index in [2.05, 4.69) is 10.3 Å². The van der Waals surface area contributed by atoms with Crippen LogP contribution in [0.3, 0.4) is 0 Å². The molecule has 1 aliphatic heterocycles. The summed E-state index contributed by atoms with van der Waals surface area (Å²) < 4.78 is 5.38. The van der Waals surface area contributed by atoms with Gasteiger partial charge >= 0.3 is 0 Å². The van der Waals surface area contributed by atoms with Crippen LogP contribution < -0.4 is 11.3 Å². The molecule has 18 heavy (non-hydrogen) atoms. The van der Waals surface area contributed by atoms with E-state index in [-0.39, 0.29) is 0 Å². The molecule has 0 atom stereocenters. The van der Waals surface area contributed by atoms with Crippen molar-refractivity contribution in [2.24, 2.45) is 10.8 Å². The molecule has 5 heteroatoms. The van der Waals surface area contributed by atoms with E-state index in [4.69, 9.17) is 15.6 Å². The number of hydrogen-bond acceptors (Lipinski definition) is 3. The maximum absolute atomic E-state index is 5.63. The number of rotatable bonds is 2. The Kier molecular flexibility index (Phi) is 5.26. The normalized spacial score (nSPS) is 24.3. The fourth-order valence-electron chi connectivity index (χ4n) is 2.90. The van der Waals surface area contributed by atoms with E-state index in [0.717, 1.165) is 31.9 Å². The van der Waals surface area contributed by atoms with Gasteiger partial charge in [-0.1, -0.05) is 19.3 Å². The van der Waals surface area contributed by atoms with Crippen molar-refractivity contribution in [3.8, 4) is 0 Å². The molecule has 2 aliphatic rings. The van der Waals surface area contributed by atoms with Crippen LogP contribution in [0.15, 0.2) is 4.99 Å². The standard InChI is InChI=1S/C13H26N4O/c1-18-12-7-9-17(10-8-12)13(16-14)15-11-5-3-2-4-6-11/h11-12H,2-10,14H2,1H3,(H,15,16). The van der Waals surface area contributed by atoms with E-state index in [1.54, 1.807) is 7.11 Å². The predicted molar refractivity (Wildman–Crippen MR) is 73.2 cm³/mol. The third-order valence-electron chi connectivity index (χ3n) is 4.08. The first-order valence-corrected chi connectivity index (χ1v) is 7.15. The number of hydrogen-bond donors (Lipinski definition) is 2. The summed E-state index contributed by atoms with van der Waals surface area (Å²) >= 11 is 0. The molecule has 0 radical (unpaired) electrons. The van der Waals surface area contributed by atoms with Crippen LogP contribution >= 0.6 is 0 Å². The fraction of sp³-hybridized carbons (Fsp3) is 0.923. The molecule has 0 spiro atoms. The van der Waals surface area contributed by atoms with E-state index in [0.29, 0.717) is 12.1 Å². The van der Waals surface area contributed by atoms with E-state index in [9.17, 15) is 0 Å². The smallest absolute Gasteiger partial charge is 0.208 e. The van der Waals surface area contributed by atoms with Crippen molar-refractivity contribution < 1.29 is 4.74 Å². The third-order valence-corrected chi connectivity index (χ3v) is 4.08. The second kappa shape index (κ2) is 6.95. The second-order valence-electron chi connectivity index (χ2n) is 5.31. The zero-order valence-electron chi connectivity index (χ0n) is 11.4. The number of piperidine rings is 1. The monoisotopic (exact) mass is 254 g/mol. The summed E-state index contributed by atoms with van der Waals surface area (Å²) in [5.74, 6) is 6.51. The van der Waals surface area contributed by atoms with Gasteiger partial charge in [-0.2, -0.15) is 0 Å². The van der Waals surface area contributed by atoms with Crippen molar-refractivity contribution in [2.45, 2.75) is 57.1 Å². The molecule has 0 aromatic heterocycles. The fourth-order valence-corrected chi connectivity index (χ4v) is 2.90. The van der Waals surface area contributed by atoms with E-state index in [1.165, 1.54) is 32.1 Å². The quantitative estimate of drug-likeness (QED) is 0.337. The molecule has 1 aliphatic carbocycles. The summed E-state index contributed by atoms with van der Waals surface area (Å²) in [6, 6.07) is 0.463. The van der Waals surface area contributed by atoms with Gasteiger partial charge in [0.05, 0.1) is 12.1 Å². The molecule has 0 amide bonds. The summed E-state index contributed by atoms with van der Waals surface area (Å²) in [7, 11) is 1.79. The van der Waals surface area contributed by atoms with Crippen LogP contribution in [0.1, 0.15) is 44.9 Å². The first-order chi connectivity index (χ1) is 8.83. The topological polar surface area (TPSA) is 62.9 Å². The molecule has 0 aromatic rings. The maximum atomic E-state index is 5.63. The van der Waals surface area contributed by atoms with Crippen LogP contribution in [0.4, 0.5) is 0 Å². The Balaban J connectivity index is 1.89. The van der Waals surface area contributed by atoms with Gasteiger partial charge in [0.1, 0.15) is 0 Å². The van der Waals surface area contributed by atoms with Gasteiger partial charge < -0.3 is 9.64 Å². The minimum Gasteiger partial charge on any atom is -0.381 e. The number of hydrazine groups is 1. The molecular weight excluding hydrogens is 228 g/mol. The van der Waals surface area contributed by atoms with Crippen molar-refractivity contribution in [1.29, 1.82) is 0 Å². The van der Waals surface area contributed by atoms with Crippen LogP contribution in [0, 0.1) is 0 Å². The van der Waals surface area contributed by atoms with Crippen LogP contribution in [0.5, 0.6) is 0 Å². The molecule has 5 nitrogen and oxygen atoms in total. The number of aliphatic imine (C=N–C) groups is 1. The van der Waals surface area contributed by atoms with Gasteiger partial charge in [-0.05, 0) is 25.7 Å². The van der Waals surface area contributed by atoms with Gasteiger partial charge in [-0.3, -0.25) is 5.43 Å². The van der Waals surface area contributed by atoms with Gasteiger partial charge in [-0.15, -0.1) is 0 Å². The highest BCUT2D eigenvalue weighted by atomic mass is 16.5. The third kappa shape index (κ3) is 3.59. The predicted octanol–water partition coefficient (Wildman–Crippen LogP) is 1.25. The summed E-state index contributed by atoms with van der Waals surface area (Å²) in [6.07, 6.45) is 8.89. The summed E-state index contributed by atoms with van der Waals surface area (Å²) in [6.45, 7) is 1.96. The minimum absolute atomic E-state index is 0.398. The molecule has 1 heterocycles. The molecule has 0 aromatic carbocycles. The molecule has 1 saturated heterocycles. The molecule has 104 valence electrons. The number of nitrogens with one attached hydrogen (secondary N) is 1. The SMILES string of the molecule is COC1CCN(C(=NC2CCCCC2)NN)CC1. The Morgan fingerprint density at radius 3 is 2.39 bits per heavy atom. The summed E-state index contributed by atoms with van der Waals surface area (Å²) in [5.41, 5.74) is 2.79. The number of likely N-dealkylation sites (tertiary alicyclic amines) is 1. The molecule has 0 bridgehead atoms. The number of guanidine groups is 1. The Labute approximate surface area is 110 Å². The van der Waals surface area contributed by atoms with Crippen LogP contribution in [0.2, 0.25) is 0 Å². The largest absolute Gasteiger partial charge is 0.381 e. The molecule has 0 unspecified atom stereocenters. The molecular formula is C13H26N4O. The van der Waals surface area contributed by atoms with Gasteiger partial charge in [0.25, 0.3) is 0 Å². The molecule has 1 saturated carbocycles. The molecule has 2 rings (SSSR count). The van der Waals surface area contributed by atoms with Crippen molar-refractivity contribution in [3.05, 3.63) is 0 Å². The van der Waals surface area contributed by atoms with E-state index >= 15 is 0 Å². The van der Waals surface area contributed by atoms with Crippen molar-refractivity contribution >= 4 is 5.96 Å². The summed E-state index contributed by atoms with van der Waals surface area (Å²) in [4.78, 5) is 7.05. The van der Waals surface area contributed by atoms with Gasteiger partial charge in [0.15, 0.2) is 0 Å². The number of nitrogens with two attached hydrogens (primary N) is 1. The highest BCUT2D eigenvalue weighted by molar-refractivity contribution is 5.79. The number of methoxy groups -OCH3 is 1. The highest BCUT2D eigenvalue weighted by Crippen LogP contribution is 2.21. The Morgan fingerprint density at radius 1 is 1.17 bits per heavy atom. The Morgan fingerprint density at radius 2 is 1.83 bits per heavy atom. The van der Waals surface area contributed by atoms with Crippen LogP contribution in [-0.2, 0) is 4.74 Å². The minimum atomic E-state index is 0.398. The van der Waals surface area contributed by atoms with Crippen molar-refractivity contribution in [2.75, 3.05) is 20.2 Å². The second-order valence-corrected chi connectivity index (χ2v) is 5.31. The maximum Gasteiger partial charge on any atom is 0.208 e. The lowest BCUT2D eigenvalue weighted by Crippen LogP contribution is -2.49. The van der Waals surface area contributed by atoms with Gasteiger partial charge in [-0.25, -0.2) is 10.8 Å². The molecule has 2 fully saturated rings. The van der Waals surface area contributed by atoms with Crippen molar-refractivity contribution in [3.63, 3.8) is 0 Å². The lowest BCUT2D eigenvalue weighted by molar-refractivity contribution is 0.0570. The zero-order valence-corrected chi connectivity index (χ0v) is 11.4. The van der Waals surface area contributed by atoms with Gasteiger partial charge in [0.2, 0.25) is 5.96 Å². The average Bonchev–Trinajstić information content (AvgIpc) is 2.46. The lowest BCUT2D eigenvalue weighted by atomic mass is 9.96. The number of nitrogens with zero attached hydrogens (tertiary/aromatic N) is 2. The highest BCUT2D eigenvalue weighted by Gasteiger charge is 2.22. The first-order valence-electron chi connectivity index (χ1n) is 7.15. The van der Waals surface area contributed by atoms with Crippen LogP contribution in [-0.4, -0.2) is 43.2 Å². The Bertz CT molecular complexity index is 268. The van der Waals surface area contributed by atoms with Gasteiger partial charge in [0, 0.05) is 20.2 Å².